The third-order valence-corrected chi connectivity index (χ3v) is 4.85. The molecule has 2 amide bonds. The molecule has 34 heavy (non-hydrogen) atoms. The topological polar surface area (TPSA) is 111 Å². The van der Waals surface area contributed by atoms with E-state index in [-0.39, 0.29) is 36.6 Å². The summed E-state index contributed by atoms with van der Waals surface area (Å²) in [6.45, 7) is 3.48. The van der Waals surface area contributed by atoms with Crippen molar-refractivity contribution in [2.24, 2.45) is 0 Å². The molecule has 0 bridgehead atoms. The number of aryl methyl sites for hydroxylation is 2. The Bertz CT molecular complexity index is 875. The molecule has 0 saturated carbocycles. The van der Waals surface area contributed by atoms with E-state index in [9.17, 15) is 19.2 Å². The minimum atomic E-state index is -0.271. The minimum Gasteiger partial charge on any atom is -0.466 e. The van der Waals surface area contributed by atoms with Gasteiger partial charge in [0.25, 0.3) is 0 Å². The number of benzene rings is 2. The first-order valence-electron chi connectivity index (χ1n) is 11.4. The van der Waals surface area contributed by atoms with Gasteiger partial charge in [-0.2, -0.15) is 0 Å². The molecular formula is C26H32N2O6. The van der Waals surface area contributed by atoms with Gasteiger partial charge in [-0.3, -0.25) is 19.2 Å². The Morgan fingerprint density at radius 2 is 0.971 bits per heavy atom. The largest absolute Gasteiger partial charge is 0.466 e. The van der Waals surface area contributed by atoms with Crippen molar-refractivity contribution in [2.75, 3.05) is 23.8 Å². The van der Waals surface area contributed by atoms with Gasteiger partial charge in [-0.25, -0.2) is 0 Å². The molecule has 0 heterocycles. The maximum Gasteiger partial charge on any atom is 0.306 e. The summed E-state index contributed by atoms with van der Waals surface area (Å²) in [5.74, 6) is -0.796. The first-order valence-corrected chi connectivity index (χ1v) is 11.4. The van der Waals surface area contributed by atoms with Gasteiger partial charge in [-0.05, 0) is 61.1 Å². The summed E-state index contributed by atoms with van der Waals surface area (Å²) in [6, 6.07) is 14.7. The van der Waals surface area contributed by atoms with Crippen LogP contribution in [0.25, 0.3) is 0 Å². The van der Waals surface area contributed by atoms with Crippen molar-refractivity contribution >= 4 is 35.1 Å². The highest BCUT2D eigenvalue weighted by Crippen LogP contribution is 2.12. The van der Waals surface area contributed by atoms with Crippen molar-refractivity contribution in [1.29, 1.82) is 0 Å². The summed E-state index contributed by atoms with van der Waals surface area (Å²) >= 11 is 0. The van der Waals surface area contributed by atoms with Gasteiger partial charge >= 0.3 is 11.9 Å². The number of amides is 2. The van der Waals surface area contributed by atoms with Gasteiger partial charge in [0.05, 0.1) is 13.2 Å². The number of hydrogen-bond donors (Lipinski definition) is 2. The molecule has 2 aromatic rings. The van der Waals surface area contributed by atoms with Crippen LogP contribution in [0, 0.1) is 0 Å². The Hall–Kier alpha value is -3.68. The van der Waals surface area contributed by atoms with Gasteiger partial charge in [0, 0.05) is 38.1 Å². The number of nitrogens with one attached hydrogen (secondary N) is 2. The van der Waals surface area contributed by atoms with E-state index in [0.717, 1.165) is 22.5 Å². The monoisotopic (exact) mass is 468 g/mol. The SMILES string of the molecule is CC(=O)Nc1ccc(CCC(=O)OCCCCOC(=O)CCc2ccc(NC(C)=O)cc2)cc1. The van der Waals surface area contributed by atoms with Crippen LogP contribution in [-0.4, -0.2) is 37.0 Å². The molecule has 0 unspecified atom stereocenters. The molecule has 0 saturated heterocycles. The van der Waals surface area contributed by atoms with E-state index in [4.69, 9.17) is 9.47 Å². The molecule has 2 rings (SSSR count). The van der Waals surface area contributed by atoms with Crippen LogP contribution in [0.4, 0.5) is 11.4 Å². The van der Waals surface area contributed by atoms with Gasteiger partial charge < -0.3 is 20.1 Å². The molecule has 2 N–H and O–H groups in total. The van der Waals surface area contributed by atoms with E-state index >= 15 is 0 Å². The van der Waals surface area contributed by atoms with Gasteiger partial charge in [-0.15, -0.1) is 0 Å². The number of carbonyl (C=O) groups excluding carboxylic acids is 4. The third-order valence-electron chi connectivity index (χ3n) is 4.85. The number of esters is 2. The quantitative estimate of drug-likeness (QED) is 0.339. The zero-order valence-corrected chi connectivity index (χ0v) is 19.7. The number of unbranched alkanes of at least 4 members (excludes halogenated alkanes) is 1. The van der Waals surface area contributed by atoms with Crippen molar-refractivity contribution in [2.45, 2.75) is 52.4 Å². The summed E-state index contributed by atoms with van der Waals surface area (Å²) in [6.07, 6.45) is 2.92. The molecule has 8 nitrogen and oxygen atoms in total. The van der Waals surface area contributed by atoms with E-state index in [1.165, 1.54) is 13.8 Å². The van der Waals surface area contributed by atoms with Crippen molar-refractivity contribution in [1.82, 2.24) is 0 Å². The Kier molecular flexibility index (Phi) is 11.3. The van der Waals surface area contributed by atoms with E-state index in [1.807, 2.05) is 24.3 Å². The fourth-order valence-electron chi connectivity index (χ4n) is 3.13. The zero-order valence-electron chi connectivity index (χ0n) is 19.7. The lowest BCUT2D eigenvalue weighted by Crippen LogP contribution is -2.10. The molecule has 0 fully saturated rings. The molecule has 0 aliphatic rings. The average Bonchev–Trinajstić information content (AvgIpc) is 2.79. The highest BCUT2D eigenvalue weighted by Gasteiger charge is 2.06. The van der Waals surface area contributed by atoms with Crippen LogP contribution < -0.4 is 10.6 Å². The summed E-state index contributed by atoms with van der Waals surface area (Å²) in [7, 11) is 0. The first-order chi connectivity index (χ1) is 16.3. The lowest BCUT2D eigenvalue weighted by atomic mass is 10.1. The number of carbonyl (C=O) groups is 4. The maximum absolute atomic E-state index is 11.9. The Morgan fingerprint density at radius 1 is 0.618 bits per heavy atom. The smallest absolute Gasteiger partial charge is 0.306 e. The highest BCUT2D eigenvalue weighted by molar-refractivity contribution is 5.89. The van der Waals surface area contributed by atoms with Gasteiger partial charge in [0.2, 0.25) is 11.8 Å². The minimum absolute atomic E-state index is 0.127. The second kappa shape index (κ2) is 14.5. The fraction of sp³-hybridized carbons (Fsp3) is 0.385. The molecule has 0 atom stereocenters. The van der Waals surface area contributed by atoms with Crippen LogP contribution in [0.3, 0.4) is 0 Å². The van der Waals surface area contributed by atoms with Crippen LogP contribution >= 0.6 is 0 Å². The number of ether oxygens (including phenoxy) is 2. The van der Waals surface area contributed by atoms with E-state index < -0.39 is 0 Å². The molecule has 0 radical (unpaired) electrons. The number of anilines is 2. The lowest BCUT2D eigenvalue weighted by Gasteiger charge is -2.07. The zero-order chi connectivity index (χ0) is 24.8. The van der Waals surface area contributed by atoms with Crippen molar-refractivity contribution in [3.63, 3.8) is 0 Å². The van der Waals surface area contributed by atoms with Crippen LogP contribution in [0.5, 0.6) is 0 Å². The van der Waals surface area contributed by atoms with Crippen LogP contribution in [0.15, 0.2) is 48.5 Å². The highest BCUT2D eigenvalue weighted by atomic mass is 16.5. The fourth-order valence-corrected chi connectivity index (χ4v) is 3.13. The average molecular weight is 469 g/mol. The van der Waals surface area contributed by atoms with Gasteiger partial charge in [-0.1, -0.05) is 24.3 Å². The molecule has 0 aromatic heterocycles. The lowest BCUT2D eigenvalue weighted by molar-refractivity contribution is -0.146. The summed E-state index contributed by atoms with van der Waals surface area (Å²) < 4.78 is 10.4. The Balaban J connectivity index is 1.50. The molecule has 2 aromatic carbocycles. The van der Waals surface area contributed by atoms with E-state index in [2.05, 4.69) is 10.6 Å². The molecular weight excluding hydrogens is 436 g/mol. The van der Waals surface area contributed by atoms with E-state index in [0.29, 0.717) is 38.9 Å². The predicted octanol–water partition coefficient (Wildman–Crippen LogP) is 4.04. The van der Waals surface area contributed by atoms with Gasteiger partial charge in [0.15, 0.2) is 0 Å². The molecule has 0 spiro atoms. The van der Waals surface area contributed by atoms with Gasteiger partial charge in [0.1, 0.15) is 0 Å². The number of hydrogen-bond acceptors (Lipinski definition) is 6. The van der Waals surface area contributed by atoms with E-state index in [1.54, 1.807) is 24.3 Å². The second-order valence-corrected chi connectivity index (χ2v) is 7.90. The normalized spacial score (nSPS) is 10.3. The Labute approximate surface area is 200 Å². The Morgan fingerprint density at radius 3 is 1.29 bits per heavy atom. The maximum atomic E-state index is 11.9. The molecule has 0 aliphatic heterocycles. The third kappa shape index (κ3) is 11.3. The summed E-state index contributed by atoms with van der Waals surface area (Å²) in [5.41, 5.74) is 3.41. The standard InChI is InChI=1S/C26H32N2O6/c1-19(29)27-23-11-5-21(6-12-23)9-15-25(31)33-17-3-4-18-34-26(32)16-10-22-7-13-24(14-8-22)28-20(2)30/h5-8,11-14H,3-4,9-10,15-18H2,1-2H3,(H,27,29)(H,28,30). The number of rotatable bonds is 13. The second-order valence-electron chi connectivity index (χ2n) is 7.90. The van der Waals surface area contributed by atoms with Crippen molar-refractivity contribution in [3.8, 4) is 0 Å². The molecule has 182 valence electrons. The first kappa shape index (κ1) is 26.6. The predicted molar refractivity (Wildman–Crippen MR) is 129 cm³/mol. The van der Waals surface area contributed by atoms with Crippen molar-refractivity contribution in [3.05, 3.63) is 59.7 Å². The molecule has 0 aliphatic carbocycles. The summed E-state index contributed by atoms with van der Waals surface area (Å²) in [5, 5.41) is 5.39. The van der Waals surface area contributed by atoms with Crippen LogP contribution in [0.1, 0.15) is 50.7 Å². The summed E-state index contributed by atoms with van der Waals surface area (Å²) in [4.78, 5) is 45.8. The van der Waals surface area contributed by atoms with Crippen molar-refractivity contribution < 1.29 is 28.7 Å². The molecule has 8 heteroatoms. The van der Waals surface area contributed by atoms with Crippen LogP contribution in [-0.2, 0) is 41.5 Å². The van der Waals surface area contributed by atoms with Crippen LogP contribution in [0.2, 0.25) is 0 Å².